The molecule has 28 heavy (non-hydrogen) atoms. The number of aromatic nitrogens is 2. The maximum Gasteiger partial charge on any atom is 0.100 e. The van der Waals surface area contributed by atoms with Gasteiger partial charge in [-0.15, -0.1) is 0 Å². The molecule has 2 aromatic carbocycles. The predicted octanol–water partition coefficient (Wildman–Crippen LogP) is 5.64. The van der Waals surface area contributed by atoms with Crippen molar-refractivity contribution in [1.29, 1.82) is 0 Å². The van der Waals surface area contributed by atoms with Crippen LogP contribution in [-0.2, 0) is 13.0 Å². The van der Waals surface area contributed by atoms with Crippen LogP contribution in [0.3, 0.4) is 0 Å². The zero-order chi connectivity index (χ0) is 19.3. The lowest BCUT2D eigenvalue weighted by atomic mass is 9.89. The highest BCUT2D eigenvalue weighted by atomic mass is 16.3. The Morgan fingerprint density at radius 2 is 1.64 bits per heavy atom. The molecule has 0 amide bonds. The molecule has 0 unspecified atom stereocenters. The maximum atomic E-state index is 9.80. The van der Waals surface area contributed by atoms with Crippen LogP contribution in [0.25, 0.3) is 22.4 Å². The Morgan fingerprint density at radius 1 is 0.929 bits per heavy atom. The van der Waals surface area contributed by atoms with Crippen LogP contribution in [0.4, 0.5) is 0 Å². The summed E-state index contributed by atoms with van der Waals surface area (Å²) in [5.74, 6) is 0.695. The predicted molar refractivity (Wildman–Crippen MR) is 115 cm³/mol. The number of rotatable bonds is 6. The molecule has 146 valence electrons. The summed E-state index contributed by atoms with van der Waals surface area (Å²) in [5, 5.41) is 14.9. The minimum atomic E-state index is 0.142. The van der Waals surface area contributed by atoms with Gasteiger partial charge in [0.15, 0.2) is 0 Å². The number of hydrogen-bond acceptors (Lipinski definition) is 2. The lowest BCUT2D eigenvalue weighted by molar-refractivity contribution is 0.282. The van der Waals surface area contributed by atoms with Gasteiger partial charge in [-0.2, -0.15) is 5.10 Å². The van der Waals surface area contributed by atoms with Crippen LogP contribution in [0.5, 0.6) is 0 Å². The van der Waals surface area contributed by atoms with Gasteiger partial charge in [0.25, 0.3) is 0 Å². The van der Waals surface area contributed by atoms with E-state index in [0.717, 1.165) is 23.5 Å². The van der Waals surface area contributed by atoms with E-state index in [2.05, 4.69) is 60.1 Å². The van der Waals surface area contributed by atoms with Gasteiger partial charge < -0.3 is 5.11 Å². The second kappa shape index (κ2) is 8.74. The molecule has 3 heteroatoms. The third-order valence-electron chi connectivity index (χ3n) is 5.95. The van der Waals surface area contributed by atoms with E-state index in [-0.39, 0.29) is 6.61 Å². The van der Waals surface area contributed by atoms with E-state index < -0.39 is 0 Å². The van der Waals surface area contributed by atoms with Crippen molar-refractivity contribution in [2.75, 3.05) is 6.61 Å². The van der Waals surface area contributed by atoms with Gasteiger partial charge in [0.1, 0.15) is 5.69 Å². The lowest BCUT2D eigenvalue weighted by Crippen LogP contribution is -2.17. The molecule has 1 fully saturated rings. The zero-order valence-electron chi connectivity index (χ0n) is 16.8. The van der Waals surface area contributed by atoms with Crippen molar-refractivity contribution >= 4 is 0 Å². The zero-order valence-corrected chi connectivity index (χ0v) is 16.8. The minimum absolute atomic E-state index is 0.142. The van der Waals surface area contributed by atoms with Gasteiger partial charge >= 0.3 is 0 Å². The van der Waals surface area contributed by atoms with Gasteiger partial charge in [-0.1, -0.05) is 79.4 Å². The third-order valence-corrected chi connectivity index (χ3v) is 5.95. The van der Waals surface area contributed by atoms with Gasteiger partial charge in [-0.05, 0) is 31.2 Å². The van der Waals surface area contributed by atoms with Crippen molar-refractivity contribution in [3.8, 4) is 22.4 Å². The lowest BCUT2D eigenvalue weighted by Gasteiger charge is -2.22. The Kier molecular flexibility index (Phi) is 5.92. The molecular formula is C25H30N2O. The average molecular weight is 375 g/mol. The molecule has 1 heterocycles. The molecule has 1 aromatic heterocycles. The number of benzene rings is 2. The molecule has 0 bridgehead atoms. The maximum absolute atomic E-state index is 9.80. The Balaban J connectivity index is 1.83. The number of nitrogens with zero attached hydrogens (tertiary/aromatic N) is 2. The number of aliphatic hydroxyl groups excluding tert-OH is 1. The molecule has 3 aromatic rings. The molecule has 0 atom stereocenters. The fourth-order valence-corrected chi connectivity index (χ4v) is 4.44. The molecule has 1 N–H and O–H groups in total. The second-order valence-corrected chi connectivity index (χ2v) is 8.06. The molecule has 1 aliphatic rings. The van der Waals surface area contributed by atoms with E-state index in [1.807, 2.05) is 6.07 Å². The van der Waals surface area contributed by atoms with E-state index in [0.29, 0.717) is 12.3 Å². The molecule has 1 saturated carbocycles. The fraction of sp³-hybridized carbons (Fsp3) is 0.400. The van der Waals surface area contributed by atoms with Crippen LogP contribution in [0.1, 0.15) is 43.4 Å². The Morgan fingerprint density at radius 3 is 2.32 bits per heavy atom. The van der Waals surface area contributed by atoms with Gasteiger partial charge in [0, 0.05) is 36.4 Å². The second-order valence-electron chi connectivity index (χ2n) is 8.06. The number of hydrogen-bond donors (Lipinski definition) is 1. The highest BCUT2D eigenvalue weighted by Gasteiger charge is 2.23. The van der Waals surface area contributed by atoms with Crippen molar-refractivity contribution in [2.24, 2.45) is 5.92 Å². The van der Waals surface area contributed by atoms with Crippen LogP contribution in [0.2, 0.25) is 0 Å². The summed E-state index contributed by atoms with van der Waals surface area (Å²) < 4.78 is 2.20. The quantitative estimate of drug-likeness (QED) is 0.606. The molecule has 1 aliphatic carbocycles. The first-order valence-corrected chi connectivity index (χ1v) is 10.6. The summed E-state index contributed by atoms with van der Waals surface area (Å²) in [6.07, 6.45) is 7.24. The molecule has 0 radical (unpaired) electrons. The van der Waals surface area contributed by atoms with E-state index in [1.165, 1.54) is 48.8 Å². The van der Waals surface area contributed by atoms with E-state index in [9.17, 15) is 5.11 Å². The van der Waals surface area contributed by atoms with E-state index >= 15 is 0 Å². The molecule has 0 saturated heterocycles. The monoisotopic (exact) mass is 374 g/mol. The third kappa shape index (κ3) is 4.05. The van der Waals surface area contributed by atoms with E-state index in [1.54, 1.807) is 0 Å². The summed E-state index contributed by atoms with van der Waals surface area (Å²) >= 11 is 0. The standard InChI is InChI=1S/C25H30N2O/c1-19-12-14-22(15-13-19)25-24(21-10-6-3-7-11-21)23(16-17-28)27(26-25)18-20-8-4-2-5-9-20/h3,6-7,10-15,20,28H,2,4-5,8-9,16-18H2,1H3. The van der Waals surface area contributed by atoms with Crippen LogP contribution >= 0.6 is 0 Å². The van der Waals surface area contributed by atoms with Crippen molar-refractivity contribution in [2.45, 2.75) is 52.0 Å². The average Bonchev–Trinajstić information content (AvgIpc) is 3.08. The van der Waals surface area contributed by atoms with Crippen LogP contribution in [0.15, 0.2) is 54.6 Å². The van der Waals surface area contributed by atoms with Crippen molar-refractivity contribution < 1.29 is 5.11 Å². The summed E-state index contributed by atoms with van der Waals surface area (Å²) in [4.78, 5) is 0. The van der Waals surface area contributed by atoms with Gasteiger partial charge in [0.2, 0.25) is 0 Å². The Labute approximate surface area is 168 Å². The molecular weight excluding hydrogens is 344 g/mol. The van der Waals surface area contributed by atoms with Crippen LogP contribution < -0.4 is 0 Å². The Hall–Kier alpha value is -2.39. The van der Waals surface area contributed by atoms with Crippen LogP contribution in [0, 0.1) is 12.8 Å². The first-order valence-electron chi connectivity index (χ1n) is 10.6. The van der Waals surface area contributed by atoms with Crippen molar-refractivity contribution in [1.82, 2.24) is 9.78 Å². The SMILES string of the molecule is Cc1ccc(-c2nn(CC3CCCCC3)c(CCO)c2-c2ccccc2)cc1. The topological polar surface area (TPSA) is 38.0 Å². The summed E-state index contributed by atoms with van der Waals surface area (Å²) in [6.45, 7) is 3.21. The first-order chi connectivity index (χ1) is 13.8. The summed E-state index contributed by atoms with van der Waals surface area (Å²) in [5.41, 5.74) is 6.94. The smallest absolute Gasteiger partial charge is 0.100 e. The summed E-state index contributed by atoms with van der Waals surface area (Å²) in [6, 6.07) is 19.1. The fourth-order valence-electron chi connectivity index (χ4n) is 4.44. The number of aliphatic hydroxyl groups is 1. The van der Waals surface area contributed by atoms with Gasteiger partial charge in [0.05, 0.1) is 0 Å². The van der Waals surface area contributed by atoms with Gasteiger partial charge in [-0.25, -0.2) is 0 Å². The van der Waals surface area contributed by atoms with Crippen molar-refractivity contribution in [3.63, 3.8) is 0 Å². The highest BCUT2D eigenvalue weighted by molar-refractivity contribution is 5.83. The molecule has 0 aliphatic heterocycles. The number of aryl methyl sites for hydroxylation is 1. The van der Waals surface area contributed by atoms with Crippen LogP contribution in [-0.4, -0.2) is 21.5 Å². The van der Waals surface area contributed by atoms with Crippen molar-refractivity contribution in [3.05, 3.63) is 65.9 Å². The highest BCUT2D eigenvalue weighted by Crippen LogP contribution is 2.36. The molecule has 0 spiro atoms. The van der Waals surface area contributed by atoms with Gasteiger partial charge in [-0.3, -0.25) is 4.68 Å². The normalized spacial score (nSPS) is 15.1. The first kappa shape index (κ1) is 18.9. The van der Waals surface area contributed by atoms with E-state index in [4.69, 9.17) is 5.10 Å². The summed E-state index contributed by atoms with van der Waals surface area (Å²) in [7, 11) is 0. The minimum Gasteiger partial charge on any atom is -0.396 e. The molecule has 4 rings (SSSR count). The Bertz CT molecular complexity index is 890. The molecule has 3 nitrogen and oxygen atoms in total. The largest absolute Gasteiger partial charge is 0.396 e.